The predicted molar refractivity (Wildman–Crippen MR) is 99.2 cm³/mol. The van der Waals surface area contributed by atoms with E-state index in [-0.39, 0.29) is 30.8 Å². The number of nitrogen functional groups attached to an aromatic ring is 1. The quantitative estimate of drug-likeness (QED) is 0.458. The maximum Gasteiger partial charge on any atom is 0.290 e. The van der Waals surface area contributed by atoms with Gasteiger partial charge < -0.3 is 30.4 Å². The zero-order valence-electron chi connectivity index (χ0n) is 15.3. The van der Waals surface area contributed by atoms with Crippen LogP contribution >= 0.6 is 0 Å². The van der Waals surface area contributed by atoms with Crippen LogP contribution in [0.1, 0.15) is 20.3 Å². The lowest BCUT2D eigenvalue weighted by Gasteiger charge is -2.30. The fraction of sp³-hybridized carbons (Fsp3) is 0.526. The number of aliphatic hydroxyl groups excluding tert-OH is 1. The van der Waals surface area contributed by atoms with E-state index < -0.39 is 6.29 Å². The van der Waals surface area contributed by atoms with Crippen LogP contribution in [0.2, 0.25) is 0 Å². The van der Waals surface area contributed by atoms with Crippen molar-refractivity contribution in [3.05, 3.63) is 36.1 Å². The molecule has 7 heteroatoms. The number of hydrogen-bond donors (Lipinski definition) is 3. The zero-order valence-corrected chi connectivity index (χ0v) is 15.3. The van der Waals surface area contributed by atoms with Gasteiger partial charge in [-0.05, 0) is 30.0 Å². The van der Waals surface area contributed by atoms with Gasteiger partial charge >= 0.3 is 0 Å². The van der Waals surface area contributed by atoms with Crippen LogP contribution in [0, 0.1) is 11.8 Å². The average molecular weight is 364 g/mol. The molecule has 0 fully saturated rings. The number of hydrogen-bond acceptors (Lipinski definition) is 6. The maximum atomic E-state index is 12.6. The van der Waals surface area contributed by atoms with Crippen LogP contribution in [0.25, 0.3) is 0 Å². The summed E-state index contributed by atoms with van der Waals surface area (Å²) in [6.45, 7) is 5.13. The first-order valence-electron chi connectivity index (χ1n) is 8.85. The summed E-state index contributed by atoms with van der Waals surface area (Å²) in [6, 6.07) is 7.07. The summed E-state index contributed by atoms with van der Waals surface area (Å²) >= 11 is 0. The fourth-order valence-corrected chi connectivity index (χ4v) is 2.61. The van der Waals surface area contributed by atoms with E-state index in [2.05, 4.69) is 19.2 Å². The molecule has 7 nitrogen and oxygen atoms in total. The van der Waals surface area contributed by atoms with Crippen molar-refractivity contribution >= 4 is 17.3 Å². The van der Waals surface area contributed by atoms with Crippen molar-refractivity contribution in [1.82, 2.24) is 0 Å². The third-order valence-electron chi connectivity index (χ3n) is 4.14. The average Bonchev–Trinajstić information content (AvgIpc) is 2.63. The molecule has 0 aliphatic carbocycles. The van der Waals surface area contributed by atoms with Gasteiger partial charge in [-0.2, -0.15) is 0 Å². The smallest absolute Gasteiger partial charge is 0.290 e. The minimum absolute atomic E-state index is 0.0228. The van der Waals surface area contributed by atoms with E-state index in [9.17, 15) is 4.79 Å². The zero-order chi connectivity index (χ0) is 18.9. The van der Waals surface area contributed by atoms with Crippen molar-refractivity contribution in [3.63, 3.8) is 0 Å². The van der Waals surface area contributed by atoms with Crippen molar-refractivity contribution in [2.24, 2.45) is 11.8 Å². The summed E-state index contributed by atoms with van der Waals surface area (Å²) in [4.78, 5) is 12.6. The molecule has 144 valence electrons. The van der Waals surface area contributed by atoms with E-state index in [0.29, 0.717) is 36.9 Å². The lowest BCUT2D eigenvalue weighted by molar-refractivity contribution is -0.153. The molecule has 0 spiro atoms. The predicted octanol–water partition coefficient (Wildman–Crippen LogP) is 2.14. The second kappa shape index (κ2) is 10.2. The Bertz CT molecular complexity index is 618. The van der Waals surface area contributed by atoms with Crippen molar-refractivity contribution < 1.29 is 24.1 Å². The molecule has 0 unspecified atom stereocenters. The molecule has 1 aliphatic heterocycles. The van der Waals surface area contributed by atoms with Crippen LogP contribution in [0.15, 0.2) is 36.1 Å². The van der Waals surface area contributed by atoms with E-state index in [0.717, 1.165) is 0 Å². The number of rotatable bonds is 9. The lowest BCUT2D eigenvalue weighted by Crippen LogP contribution is -2.32. The third-order valence-corrected chi connectivity index (χ3v) is 4.14. The fourth-order valence-electron chi connectivity index (χ4n) is 2.61. The molecule has 4 N–H and O–H groups in total. The monoisotopic (exact) mass is 364 g/mol. The van der Waals surface area contributed by atoms with Crippen molar-refractivity contribution in [3.8, 4) is 0 Å². The number of amides is 1. The van der Waals surface area contributed by atoms with E-state index in [1.807, 2.05) is 6.08 Å². The van der Waals surface area contributed by atoms with Crippen LogP contribution in [-0.4, -0.2) is 43.7 Å². The first-order chi connectivity index (χ1) is 12.5. The number of carbonyl (C=O) groups excluding carboxylic acids is 1. The first-order valence-corrected chi connectivity index (χ1v) is 8.85. The second-order valence-corrected chi connectivity index (χ2v) is 6.47. The van der Waals surface area contributed by atoms with Gasteiger partial charge in [0.15, 0.2) is 5.76 Å². The van der Waals surface area contributed by atoms with Gasteiger partial charge in [0.05, 0.1) is 37.8 Å². The highest BCUT2D eigenvalue weighted by Gasteiger charge is 2.29. The van der Waals surface area contributed by atoms with Crippen LogP contribution in [0.3, 0.4) is 0 Å². The second-order valence-electron chi connectivity index (χ2n) is 6.47. The summed E-state index contributed by atoms with van der Waals surface area (Å²) in [6.07, 6.45) is 2.00. The number of anilines is 2. The van der Waals surface area contributed by atoms with Crippen molar-refractivity contribution in [1.29, 1.82) is 0 Å². The standard InChI is InChI=1S/C19H28N2O5/c1-13(2)14-11-17(19(23)21-16-6-4-3-5-15(16)20)26-18(12-14)25-10-9-24-8-7-22/h3-6,11,13-14,18,22H,7-10,12,20H2,1-2H3,(H,21,23)/t14-,18+/m1/s1. The summed E-state index contributed by atoms with van der Waals surface area (Å²) in [7, 11) is 0. The molecule has 1 heterocycles. The summed E-state index contributed by atoms with van der Waals surface area (Å²) < 4.78 is 16.6. The molecule has 2 rings (SSSR count). The van der Waals surface area contributed by atoms with Gasteiger partial charge in [0, 0.05) is 6.42 Å². The van der Waals surface area contributed by atoms with Gasteiger partial charge in [0.1, 0.15) is 0 Å². The van der Waals surface area contributed by atoms with Crippen LogP contribution in [0.4, 0.5) is 11.4 Å². The van der Waals surface area contributed by atoms with Gasteiger partial charge in [-0.1, -0.05) is 26.0 Å². The molecular formula is C19H28N2O5. The molecule has 0 saturated heterocycles. The van der Waals surface area contributed by atoms with Gasteiger partial charge in [-0.15, -0.1) is 0 Å². The van der Waals surface area contributed by atoms with Gasteiger partial charge in [-0.25, -0.2) is 0 Å². The molecule has 26 heavy (non-hydrogen) atoms. The Morgan fingerprint density at radius 3 is 2.81 bits per heavy atom. The highest BCUT2D eigenvalue weighted by Crippen LogP contribution is 2.29. The summed E-state index contributed by atoms with van der Waals surface area (Å²) in [5, 5.41) is 11.5. The Balaban J connectivity index is 1.98. The van der Waals surface area contributed by atoms with E-state index in [1.165, 1.54) is 0 Å². The summed E-state index contributed by atoms with van der Waals surface area (Å²) in [5.74, 6) is 0.402. The Morgan fingerprint density at radius 2 is 2.12 bits per heavy atom. The van der Waals surface area contributed by atoms with Crippen molar-refractivity contribution in [2.75, 3.05) is 37.5 Å². The van der Waals surface area contributed by atoms with Crippen LogP contribution in [0.5, 0.6) is 0 Å². The topological polar surface area (TPSA) is 103 Å². The third kappa shape index (κ3) is 6.01. The number of allylic oxidation sites excluding steroid dienone is 1. The van der Waals surface area contributed by atoms with Gasteiger partial charge in [0.25, 0.3) is 5.91 Å². The number of nitrogens with one attached hydrogen (secondary N) is 1. The van der Waals surface area contributed by atoms with Crippen molar-refractivity contribution in [2.45, 2.75) is 26.6 Å². The molecule has 0 saturated carbocycles. The van der Waals surface area contributed by atoms with Gasteiger partial charge in [0.2, 0.25) is 6.29 Å². The normalized spacial score (nSPS) is 19.8. The minimum Gasteiger partial charge on any atom is -0.459 e. The van der Waals surface area contributed by atoms with Crippen LogP contribution < -0.4 is 11.1 Å². The number of benzene rings is 1. The van der Waals surface area contributed by atoms with E-state index in [4.69, 9.17) is 25.1 Å². The number of aliphatic hydroxyl groups is 1. The first kappa shape index (κ1) is 20.2. The Labute approximate surface area is 154 Å². The SMILES string of the molecule is CC(C)[C@@H]1C=C(C(=O)Nc2ccccc2N)O[C@H](OCCOCCO)C1. The molecule has 0 bridgehead atoms. The number of carbonyl (C=O) groups is 1. The number of para-hydroxylation sites is 2. The lowest BCUT2D eigenvalue weighted by atomic mass is 9.90. The largest absolute Gasteiger partial charge is 0.459 e. The highest BCUT2D eigenvalue weighted by molar-refractivity contribution is 6.04. The molecule has 0 aromatic heterocycles. The molecule has 1 aromatic carbocycles. The number of nitrogens with two attached hydrogens (primary N) is 1. The molecule has 1 aliphatic rings. The highest BCUT2D eigenvalue weighted by atomic mass is 16.7. The van der Waals surface area contributed by atoms with Crippen LogP contribution in [-0.2, 0) is 19.0 Å². The molecular weight excluding hydrogens is 336 g/mol. The number of ether oxygens (including phenoxy) is 3. The Hall–Kier alpha value is -2.09. The Kier molecular flexibility index (Phi) is 7.90. The van der Waals surface area contributed by atoms with E-state index >= 15 is 0 Å². The maximum absolute atomic E-state index is 12.6. The summed E-state index contributed by atoms with van der Waals surface area (Å²) in [5.41, 5.74) is 6.91. The minimum atomic E-state index is -0.515. The molecule has 2 atom stereocenters. The Morgan fingerprint density at radius 1 is 1.35 bits per heavy atom. The van der Waals surface area contributed by atoms with E-state index in [1.54, 1.807) is 24.3 Å². The van der Waals surface area contributed by atoms with Gasteiger partial charge in [-0.3, -0.25) is 4.79 Å². The molecule has 1 amide bonds. The molecule has 1 aromatic rings. The molecule has 0 radical (unpaired) electrons.